The standard InChI is InChI=1S/C26H29N3O3S/c30-25(27-22-10-8-20(9-11-22)12-13-29-14-17-33-18-15-29)23(19-21-5-2-1-3-6-21)28-26(31)24-7-4-16-32-24/h1-11,16,23H,12-15,17-19H2,(H,27,30)(H,28,31). The number of carbonyl (C=O) groups is 2. The summed E-state index contributed by atoms with van der Waals surface area (Å²) in [5.41, 5.74) is 2.92. The number of anilines is 1. The van der Waals surface area contributed by atoms with Crippen LogP contribution in [0.1, 0.15) is 21.7 Å². The normalized spacial score (nSPS) is 15.0. The number of amides is 2. The van der Waals surface area contributed by atoms with Crippen LogP contribution in [0.3, 0.4) is 0 Å². The highest BCUT2D eigenvalue weighted by Crippen LogP contribution is 2.14. The second-order valence-corrected chi connectivity index (χ2v) is 9.31. The van der Waals surface area contributed by atoms with Crippen LogP contribution in [0.4, 0.5) is 5.69 Å². The van der Waals surface area contributed by atoms with Gasteiger partial charge in [-0.2, -0.15) is 11.8 Å². The Morgan fingerprint density at radius 1 is 0.939 bits per heavy atom. The molecule has 6 nitrogen and oxygen atoms in total. The first kappa shape index (κ1) is 23.1. The summed E-state index contributed by atoms with van der Waals surface area (Å²) in [6.45, 7) is 3.38. The van der Waals surface area contributed by atoms with Crippen LogP contribution in [0.2, 0.25) is 0 Å². The van der Waals surface area contributed by atoms with Gasteiger partial charge in [-0.05, 0) is 41.8 Å². The molecular weight excluding hydrogens is 434 g/mol. The molecule has 7 heteroatoms. The Kier molecular flexibility index (Phi) is 8.22. The highest BCUT2D eigenvalue weighted by atomic mass is 32.2. The molecule has 3 aromatic rings. The number of hydrogen-bond donors (Lipinski definition) is 2. The van der Waals surface area contributed by atoms with Crippen molar-refractivity contribution in [3.8, 4) is 0 Å². The van der Waals surface area contributed by atoms with Gasteiger partial charge in [0, 0.05) is 43.2 Å². The van der Waals surface area contributed by atoms with Gasteiger partial charge in [0.15, 0.2) is 5.76 Å². The monoisotopic (exact) mass is 463 g/mol. The molecule has 2 aromatic carbocycles. The Morgan fingerprint density at radius 2 is 1.70 bits per heavy atom. The van der Waals surface area contributed by atoms with Crippen molar-refractivity contribution < 1.29 is 14.0 Å². The van der Waals surface area contributed by atoms with Crippen molar-refractivity contribution in [2.24, 2.45) is 0 Å². The molecule has 2 amide bonds. The van der Waals surface area contributed by atoms with Crippen molar-refractivity contribution in [3.05, 3.63) is 89.9 Å². The van der Waals surface area contributed by atoms with Crippen LogP contribution in [-0.2, 0) is 17.6 Å². The van der Waals surface area contributed by atoms with E-state index < -0.39 is 11.9 Å². The average molecular weight is 464 g/mol. The van der Waals surface area contributed by atoms with Gasteiger partial charge >= 0.3 is 0 Å². The molecule has 1 saturated heterocycles. The van der Waals surface area contributed by atoms with Gasteiger partial charge in [-0.3, -0.25) is 9.59 Å². The summed E-state index contributed by atoms with van der Waals surface area (Å²) in [5.74, 6) is 1.93. The number of furan rings is 1. The van der Waals surface area contributed by atoms with Crippen LogP contribution < -0.4 is 10.6 Å². The molecule has 2 heterocycles. The summed E-state index contributed by atoms with van der Waals surface area (Å²) in [6.07, 6.45) is 2.81. The van der Waals surface area contributed by atoms with E-state index in [1.165, 1.54) is 23.3 Å². The molecule has 0 spiro atoms. The minimum absolute atomic E-state index is 0.178. The Labute approximate surface area is 198 Å². The summed E-state index contributed by atoms with van der Waals surface area (Å²) in [5, 5.41) is 5.75. The molecule has 1 unspecified atom stereocenters. The molecule has 0 bridgehead atoms. The third kappa shape index (κ3) is 6.97. The zero-order chi connectivity index (χ0) is 22.9. The molecule has 33 heavy (non-hydrogen) atoms. The molecule has 1 fully saturated rings. The maximum atomic E-state index is 13.1. The van der Waals surface area contributed by atoms with Gasteiger partial charge in [0.2, 0.25) is 5.91 Å². The molecule has 0 aliphatic carbocycles. The quantitative estimate of drug-likeness (QED) is 0.504. The van der Waals surface area contributed by atoms with Crippen LogP contribution in [-0.4, -0.2) is 53.9 Å². The van der Waals surface area contributed by atoms with Crippen molar-refractivity contribution in [1.82, 2.24) is 10.2 Å². The summed E-state index contributed by atoms with van der Waals surface area (Å²) in [6, 6.07) is 20.1. The zero-order valence-corrected chi connectivity index (χ0v) is 19.4. The van der Waals surface area contributed by atoms with E-state index >= 15 is 0 Å². The highest BCUT2D eigenvalue weighted by molar-refractivity contribution is 7.99. The molecule has 1 aliphatic rings. The molecule has 1 aliphatic heterocycles. The van der Waals surface area contributed by atoms with Crippen molar-refractivity contribution in [2.45, 2.75) is 18.9 Å². The number of nitrogens with zero attached hydrogens (tertiary/aromatic N) is 1. The maximum absolute atomic E-state index is 13.1. The van der Waals surface area contributed by atoms with Crippen LogP contribution in [0.15, 0.2) is 77.4 Å². The number of nitrogens with one attached hydrogen (secondary N) is 2. The minimum Gasteiger partial charge on any atom is -0.459 e. The SMILES string of the molecule is O=C(NC(Cc1ccccc1)C(=O)Nc1ccc(CCN2CCSCC2)cc1)c1ccco1. The summed E-state index contributed by atoms with van der Waals surface area (Å²) >= 11 is 2.02. The smallest absolute Gasteiger partial charge is 0.287 e. The summed E-state index contributed by atoms with van der Waals surface area (Å²) in [7, 11) is 0. The molecular formula is C26H29N3O3S. The number of carbonyl (C=O) groups excluding carboxylic acids is 2. The fourth-order valence-corrected chi connectivity index (χ4v) is 4.77. The van der Waals surface area contributed by atoms with E-state index in [4.69, 9.17) is 4.42 Å². The van der Waals surface area contributed by atoms with Crippen LogP contribution >= 0.6 is 11.8 Å². The molecule has 1 aromatic heterocycles. The third-order valence-corrected chi connectivity index (χ3v) is 6.63. The molecule has 2 N–H and O–H groups in total. The first-order chi connectivity index (χ1) is 16.2. The first-order valence-corrected chi connectivity index (χ1v) is 12.4. The molecule has 0 saturated carbocycles. The Bertz CT molecular complexity index is 1020. The molecule has 4 rings (SSSR count). The van der Waals surface area contributed by atoms with Gasteiger partial charge in [0.05, 0.1) is 6.26 Å². The number of benzene rings is 2. The average Bonchev–Trinajstić information content (AvgIpc) is 3.40. The second-order valence-electron chi connectivity index (χ2n) is 8.08. The lowest BCUT2D eigenvalue weighted by molar-refractivity contribution is -0.118. The lowest BCUT2D eigenvalue weighted by Crippen LogP contribution is -2.45. The largest absolute Gasteiger partial charge is 0.459 e. The minimum atomic E-state index is -0.735. The second kappa shape index (κ2) is 11.7. The van der Waals surface area contributed by atoms with Crippen molar-refractivity contribution >= 4 is 29.3 Å². The van der Waals surface area contributed by atoms with E-state index in [1.54, 1.807) is 12.1 Å². The third-order valence-electron chi connectivity index (χ3n) is 5.69. The van der Waals surface area contributed by atoms with Gasteiger partial charge in [-0.1, -0.05) is 42.5 Å². The molecule has 1 atom stereocenters. The van der Waals surface area contributed by atoms with E-state index in [1.807, 2.05) is 54.2 Å². The Morgan fingerprint density at radius 3 is 2.39 bits per heavy atom. The molecule has 172 valence electrons. The van der Waals surface area contributed by atoms with Crippen molar-refractivity contribution in [2.75, 3.05) is 36.5 Å². The van der Waals surface area contributed by atoms with Crippen LogP contribution in [0, 0.1) is 0 Å². The van der Waals surface area contributed by atoms with E-state index in [9.17, 15) is 9.59 Å². The highest BCUT2D eigenvalue weighted by Gasteiger charge is 2.23. The van der Waals surface area contributed by atoms with Crippen molar-refractivity contribution in [3.63, 3.8) is 0 Å². The molecule has 0 radical (unpaired) electrons. The van der Waals surface area contributed by atoms with Crippen LogP contribution in [0.25, 0.3) is 0 Å². The number of hydrogen-bond acceptors (Lipinski definition) is 5. The van der Waals surface area contributed by atoms with Gasteiger partial charge in [-0.15, -0.1) is 0 Å². The van der Waals surface area contributed by atoms with E-state index in [0.717, 1.165) is 31.6 Å². The predicted octanol–water partition coefficient (Wildman–Crippen LogP) is 3.85. The first-order valence-electron chi connectivity index (χ1n) is 11.3. The van der Waals surface area contributed by atoms with E-state index in [-0.39, 0.29) is 11.7 Å². The van der Waals surface area contributed by atoms with Crippen molar-refractivity contribution in [1.29, 1.82) is 0 Å². The number of rotatable bonds is 9. The zero-order valence-electron chi connectivity index (χ0n) is 18.5. The van der Waals surface area contributed by atoms with Gasteiger partial charge in [0.1, 0.15) is 6.04 Å². The maximum Gasteiger partial charge on any atom is 0.287 e. The van der Waals surface area contributed by atoms with Gasteiger partial charge in [0.25, 0.3) is 5.91 Å². The Balaban J connectivity index is 1.37. The predicted molar refractivity (Wildman–Crippen MR) is 133 cm³/mol. The lowest BCUT2D eigenvalue weighted by Gasteiger charge is -2.26. The summed E-state index contributed by atoms with van der Waals surface area (Å²) < 4.78 is 5.18. The fraction of sp³-hybridized carbons (Fsp3) is 0.308. The van der Waals surface area contributed by atoms with Gasteiger partial charge in [-0.25, -0.2) is 0 Å². The topological polar surface area (TPSA) is 74.6 Å². The van der Waals surface area contributed by atoms with E-state index in [2.05, 4.69) is 27.7 Å². The number of thioether (sulfide) groups is 1. The fourth-order valence-electron chi connectivity index (χ4n) is 3.79. The Hall–Kier alpha value is -3.03. The van der Waals surface area contributed by atoms with Gasteiger partial charge < -0.3 is 20.0 Å². The lowest BCUT2D eigenvalue weighted by atomic mass is 10.0. The van der Waals surface area contributed by atoms with Crippen LogP contribution in [0.5, 0.6) is 0 Å². The van der Waals surface area contributed by atoms with E-state index in [0.29, 0.717) is 12.1 Å². The summed E-state index contributed by atoms with van der Waals surface area (Å²) in [4.78, 5) is 28.1.